The third kappa shape index (κ3) is 5.43. The Morgan fingerprint density at radius 3 is 2.78 bits per heavy atom. The van der Waals surface area contributed by atoms with Crippen molar-refractivity contribution in [3.05, 3.63) is 35.9 Å². The molecule has 1 fully saturated rings. The highest BCUT2D eigenvalue weighted by atomic mass is 32.2. The summed E-state index contributed by atoms with van der Waals surface area (Å²) in [5.41, 5.74) is 1.08. The maximum atomic E-state index is 12.7. The van der Waals surface area contributed by atoms with Crippen molar-refractivity contribution in [2.45, 2.75) is 39.3 Å². The molecule has 1 aliphatic heterocycles. The second-order valence-corrected chi connectivity index (χ2v) is 8.22. The summed E-state index contributed by atoms with van der Waals surface area (Å²) in [6, 6.07) is 10.4. The molecule has 128 valence electrons. The largest absolute Gasteiger partial charge is 0.393 e. The Morgan fingerprint density at radius 2 is 2.13 bits per heavy atom. The summed E-state index contributed by atoms with van der Waals surface area (Å²) in [7, 11) is 0. The second kappa shape index (κ2) is 8.06. The van der Waals surface area contributed by atoms with Crippen LogP contribution in [-0.4, -0.2) is 46.7 Å². The summed E-state index contributed by atoms with van der Waals surface area (Å²) in [4.78, 5) is 14.6. The molecule has 2 atom stereocenters. The molecule has 23 heavy (non-hydrogen) atoms. The molecule has 0 radical (unpaired) electrons. The van der Waals surface area contributed by atoms with Crippen molar-refractivity contribution in [2.75, 3.05) is 24.6 Å². The minimum atomic E-state index is -0.356. The number of urea groups is 1. The number of carbonyl (C=O) groups is 1. The van der Waals surface area contributed by atoms with Gasteiger partial charge in [-0.25, -0.2) is 4.79 Å². The highest BCUT2D eigenvalue weighted by Crippen LogP contribution is 2.29. The first-order chi connectivity index (χ1) is 10.9. The van der Waals surface area contributed by atoms with Crippen LogP contribution in [0.25, 0.3) is 0 Å². The zero-order valence-corrected chi connectivity index (χ0v) is 15.1. The van der Waals surface area contributed by atoms with E-state index in [1.54, 1.807) is 6.92 Å². The Hall–Kier alpha value is -1.20. The lowest BCUT2D eigenvalue weighted by Crippen LogP contribution is -2.48. The van der Waals surface area contributed by atoms with Crippen LogP contribution in [0.3, 0.4) is 0 Å². The van der Waals surface area contributed by atoms with Gasteiger partial charge in [0.2, 0.25) is 0 Å². The third-order valence-corrected chi connectivity index (χ3v) is 5.16. The van der Waals surface area contributed by atoms with Gasteiger partial charge < -0.3 is 15.3 Å². The number of benzene rings is 1. The first-order valence-corrected chi connectivity index (χ1v) is 9.40. The van der Waals surface area contributed by atoms with Crippen LogP contribution in [0.15, 0.2) is 30.3 Å². The van der Waals surface area contributed by atoms with Crippen LogP contribution >= 0.6 is 11.8 Å². The van der Waals surface area contributed by atoms with Gasteiger partial charge in [0.15, 0.2) is 0 Å². The zero-order chi connectivity index (χ0) is 16.9. The second-order valence-electron chi connectivity index (χ2n) is 7.07. The molecule has 1 saturated heterocycles. The van der Waals surface area contributed by atoms with Crippen LogP contribution in [0.1, 0.15) is 38.8 Å². The topological polar surface area (TPSA) is 52.6 Å². The van der Waals surface area contributed by atoms with Gasteiger partial charge in [0.25, 0.3) is 0 Å². The molecule has 2 rings (SSSR count). The first-order valence-electron chi connectivity index (χ1n) is 8.24. The van der Waals surface area contributed by atoms with Crippen molar-refractivity contribution in [3.8, 4) is 0 Å². The number of carbonyl (C=O) groups excluding carboxylic acids is 1. The molecule has 0 aromatic heterocycles. The Balaban J connectivity index is 1.99. The molecule has 0 aliphatic carbocycles. The molecule has 5 heteroatoms. The van der Waals surface area contributed by atoms with Crippen molar-refractivity contribution in [1.29, 1.82) is 0 Å². The lowest BCUT2D eigenvalue weighted by molar-refractivity contribution is 0.125. The number of nitrogens with one attached hydrogen (secondary N) is 1. The number of aliphatic hydroxyl groups is 1. The minimum Gasteiger partial charge on any atom is -0.393 e. The van der Waals surface area contributed by atoms with Crippen LogP contribution in [0.2, 0.25) is 0 Å². The van der Waals surface area contributed by atoms with E-state index in [0.717, 1.165) is 18.1 Å². The molecule has 2 unspecified atom stereocenters. The van der Waals surface area contributed by atoms with E-state index in [1.807, 2.05) is 34.9 Å². The molecule has 0 bridgehead atoms. The normalized spacial score (nSPS) is 20.2. The van der Waals surface area contributed by atoms with Crippen molar-refractivity contribution in [2.24, 2.45) is 5.41 Å². The predicted octanol–water partition coefficient (Wildman–Crippen LogP) is 3.28. The number of rotatable bonds is 5. The molecular formula is C18H28N2O2S. The number of hydrogen-bond donors (Lipinski definition) is 2. The number of thioether (sulfide) groups is 1. The van der Waals surface area contributed by atoms with Gasteiger partial charge in [-0.3, -0.25) is 0 Å². The number of amides is 2. The van der Waals surface area contributed by atoms with E-state index < -0.39 is 0 Å². The minimum absolute atomic E-state index is 0.00202. The van der Waals surface area contributed by atoms with E-state index in [4.69, 9.17) is 0 Å². The maximum absolute atomic E-state index is 12.7. The van der Waals surface area contributed by atoms with E-state index in [2.05, 4.69) is 31.3 Å². The Bertz CT molecular complexity index is 505. The molecule has 2 amide bonds. The van der Waals surface area contributed by atoms with Crippen LogP contribution in [-0.2, 0) is 0 Å². The van der Waals surface area contributed by atoms with Crippen LogP contribution < -0.4 is 5.32 Å². The van der Waals surface area contributed by atoms with Crippen molar-refractivity contribution in [3.63, 3.8) is 0 Å². The van der Waals surface area contributed by atoms with Gasteiger partial charge in [0, 0.05) is 24.6 Å². The Kier molecular flexibility index (Phi) is 6.36. The van der Waals surface area contributed by atoms with Crippen molar-refractivity contribution < 1.29 is 9.90 Å². The fourth-order valence-corrected chi connectivity index (χ4v) is 4.17. The molecule has 4 nitrogen and oxygen atoms in total. The van der Waals surface area contributed by atoms with Gasteiger partial charge in [0.1, 0.15) is 0 Å². The Labute approximate surface area is 143 Å². The van der Waals surface area contributed by atoms with Gasteiger partial charge in [-0.15, -0.1) is 0 Å². The third-order valence-electron chi connectivity index (χ3n) is 4.14. The highest BCUT2D eigenvalue weighted by molar-refractivity contribution is 7.99. The first kappa shape index (κ1) is 18.1. The lowest BCUT2D eigenvalue weighted by Gasteiger charge is -2.37. The van der Waals surface area contributed by atoms with Crippen LogP contribution in [0.5, 0.6) is 0 Å². The summed E-state index contributed by atoms with van der Waals surface area (Å²) >= 11 is 1.90. The van der Waals surface area contributed by atoms with E-state index in [0.29, 0.717) is 13.0 Å². The van der Waals surface area contributed by atoms with E-state index >= 15 is 0 Å². The average molecular weight is 337 g/mol. The lowest BCUT2D eigenvalue weighted by atomic mass is 9.87. The van der Waals surface area contributed by atoms with Gasteiger partial charge in [-0.1, -0.05) is 44.2 Å². The maximum Gasteiger partial charge on any atom is 0.317 e. The number of aliphatic hydroxyl groups excluding tert-OH is 1. The Morgan fingerprint density at radius 1 is 1.43 bits per heavy atom. The highest BCUT2D eigenvalue weighted by Gasteiger charge is 2.29. The molecular weight excluding hydrogens is 308 g/mol. The summed E-state index contributed by atoms with van der Waals surface area (Å²) < 4.78 is 0. The SMILES string of the molecule is CC(O)CC(C)(C)CNC(=O)N1CCSCC1c1ccccc1. The molecule has 2 N–H and O–H groups in total. The average Bonchev–Trinajstić information content (AvgIpc) is 2.52. The van der Waals surface area contributed by atoms with Crippen molar-refractivity contribution >= 4 is 17.8 Å². The predicted molar refractivity (Wildman–Crippen MR) is 96.7 cm³/mol. The smallest absolute Gasteiger partial charge is 0.317 e. The summed E-state index contributed by atoms with van der Waals surface area (Å²) in [5, 5.41) is 12.6. The molecule has 1 heterocycles. The fourth-order valence-electron chi connectivity index (χ4n) is 3.09. The van der Waals surface area contributed by atoms with Gasteiger partial charge >= 0.3 is 6.03 Å². The molecule has 1 aromatic rings. The standard InChI is InChI=1S/C18H28N2O2S/c1-14(21)11-18(2,3)13-19-17(22)20-9-10-23-12-16(20)15-7-5-4-6-8-15/h4-8,14,16,21H,9-13H2,1-3H3,(H,19,22). The summed E-state index contributed by atoms with van der Waals surface area (Å²) in [6.07, 6.45) is 0.316. The van der Waals surface area contributed by atoms with Gasteiger partial charge in [0.05, 0.1) is 12.1 Å². The fraction of sp³-hybridized carbons (Fsp3) is 0.611. The summed E-state index contributed by atoms with van der Waals surface area (Å²) in [6.45, 7) is 7.27. The van der Waals surface area contributed by atoms with Crippen molar-refractivity contribution in [1.82, 2.24) is 10.2 Å². The van der Waals surface area contributed by atoms with Crippen LogP contribution in [0.4, 0.5) is 4.79 Å². The molecule has 0 spiro atoms. The van der Waals surface area contributed by atoms with E-state index in [1.165, 1.54) is 5.56 Å². The quantitative estimate of drug-likeness (QED) is 0.867. The van der Waals surface area contributed by atoms with Gasteiger partial charge in [-0.05, 0) is 24.3 Å². The summed E-state index contributed by atoms with van der Waals surface area (Å²) in [5.74, 6) is 1.92. The number of hydrogen-bond acceptors (Lipinski definition) is 3. The van der Waals surface area contributed by atoms with Crippen LogP contribution in [0, 0.1) is 5.41 Å². The molecule has 1 aromatic carbocycles. The zero-order valence-electron chi connectivity index (χ0n) is 14.3. The monoisotopic (exact) mass is 336 g/mol. The molecule has 0 saturated carbocycles. The number of nitrogens with zero attached hydrogens (tertiary/aromatic N) is 1. The van der Waals surface area contributed by atoms with E-state index in [-0.39, 0.29) is 23.6 Å². The van der Waals surface area contributed by atoms with E-state index in [9.17, 15) is 9.90 Å². The van der Waals surface area contributed by atoms with Gasteiger partial charge in [-0.2, -0.15) is 11.8 Å². The molecule has 1 aliphatic rings.